The van der Waals surface area contributed by atoms with Crippen molar-refractivity contribution in [1.29, 1.82) is 0 Å². The van der Waals surface area contributed by atoms with Gasteiger partial charge in [0.2, 0.25) is 0 Å². The predicted octanol–water partition coefficient (Wildman–Crippen LogP) is 5.44. The molecule has 5 rings (SSSR count). The summed E-state index contributed by atoms with van der Waals surface area (Å²) >= 11 is 0. The van der Waals surface area contributed by atoms with Crippen molar-refractivity contribution in [2.75, 3.05) is 50.9 Å². The summed E-state index contributed by atoms with van der Waals surface area (Å²) in [4.78, 5) is 28.7. The van der Waals surface area contributed by atoms with Crippen molar-refractivity contribution in [3.63, 3.8) is 0 Å². The van der Waals surface area contributed by atoms with Crippen molar-refractivity contribution < 1.29 is 23.6 Å². The van der Waals surface area contributed by atoms with E-state index in [1.807, 2.05) is 30.3 Å². The van der Waals surface area contributed by atoms with Crippen LogP contribution >= 0.6 is 0 Å². The van der Waals surface area contributed by atoms with Gasteiger partial charge in [-0.2, -0.15) is 0 Å². The molecule has 0 spiro atoms. The number of ether oxygens (including phenoxy) is 2. The molecule has 1 saturated heterocycles. The van der Waals surface area contributed by atoms with E-state index in [1.165, 1.54) is 30.3 Å². The van der Waals surface area contributed by atoms with Crippen LogP contribution in [0.2, 0.25) is 0 Å². The van der Waals surface area contributed by atoms with E-state index in [9.17, 15) is 19.3 Å². The standard InChI is InChI=1S/C33H39FN4O5/c34-28-12-10-27(11-13-28)33(39)37(30-7-3-9-32(22-30)43-19-16-36-14-17-42-18-15-36)24-26-5-1-6-29(20-26)35-23-25-4-2-8-31(21-25)38(40)41/h2-4,7-13,21-22,26,29,35H,1,5-6,14-20,23-24H2/t26-,29+/m1/s1. The van der Waals surface area contributed by atoms with E-state index in [0.717, 1.165) is 69.8 Å². The highest BCUT2D eigenvalue weighted by Gasteiger charge is 2.27. The first-order chi connectivity index (χ1) is 20.9. The second kappa shape index (κ2) is 15.0. The third kappa shape index (κ3) is 8.82. The SMILES string of the molecule is O=C(c1ccc(F)cc1)N(C[C@@H]1CCC[C@H](NCc2cccc([N+](=O)[O-])c2)C1)c1cccc(OCCN2CCOCC2)c1. The van der Waals surface area contributed by atoms with Gasteiger partial charge in [-0.3, -0.25) is 19.8 Å². The highest BCUT2D eigenvalue weighted by molar-refractivity contribution is 6.06. The number of nitro benzene ring substituents is 1. The number of nitrogens with zero attached hydrogens (tertiary/aromatic N) is 3. The molecule has 228 valence electrons. The summed E-state index contributed by atoms with van der Waals surface area (Å²) in [5.41, 5.74) is 2.12. The third-order valence-electron chi connectivity index (χ3n) is 8.19. The Balaban J connectivity index is 1.26. The van der Waals surface area contributed by atoms with Gasteiger partial charge < -0.3 is 19.7 Å². The zero-order valence-electron chi connectivity index (χ0n) is 24.3. The average Bonchev–Trinajstić information content (AvgIpc) is 3.04. The maximum absolute atomic E-state index is 13.8. The predicted molar refractivity (Wildman–Crippen MR) is 163 cm³/mol. The molecule has 0 radical (unpaired) electrons. The van der Waals surface area contributed by atoms with Crippen LogP contribution in [-0.2, 0) is 11.3 Å². The summed E-state index contributed by atoms with van der Waals surface area (Å²) in [6.45, 7) is 5.67. The van der Waals surface area contributed by atoms with Crippen LogP contribution in [0.25, 0.3) is 0 Å². The zero-order chi connectivity index (χ0) is 30.0. The lowest BCUT2D eigenvalue weighted by atomic mass is 9.85. The Morgan fingerprint density at radius 2 is 1.86 bits per heavy atom. The molecule has 0 unspecified atom stereocenters. The fourth-order valence-electron chi connectivity index (χ4n) is 5.86. The third-order valence-corrected chi connectivity index (χ3v) is 8.19. The Hall–Kier alpha value is -3.86. The van der Waals surface area contributed by atoms with Crippen molar-refractivity contribution in [2.24, 2.45) is 5.92 Å². The van der Waals surface area contributed by atoms with Crippen LogP contribution in [0.5, 0.6) is 5.75 Å². The van der Waals surface area contributed by atoms with Crippen LogP contribution in [-0.4, -0.2) is 67.8 Å². The van der Waals surface area contributed by atoms with Gasteiger partial charge in [0.05, 0.1) is 18.1 Å². The molecule has 1 heterocycles. The summed E-state index contributed by atoms with van der Waals surface area (Å²) in [7, 11) is 0. The Morgan fingerprint density at radius 1 is 1.07 bits per heavy atom. The van der Waals surface area contributed by atoms with Gasteiger partial charge in [-0.1, -0.05) is 24.6 Å². The van der Waals surface area contributed by atoms with Gasteiger partial charge in [0.15, 0.2) is 0 Å². The number of morpholine rings is 1. The van der Waals surface area contributed by atoms with Crippen LogP contribution in [0.1, 0.15) is 41.6 Å². The number of rotatable bonds is 12. The van der Waals surface area contributed by atoms with Crippen LogP contribution in [0.3, 0.4) is 0 Å². The first-order valence-corrected chi connectivity index (χ1v) is 15.0. The van der Waals surface area contributed by atoms with Crippen molar-refractivity contribution in [2.45, 2.75) is 38.3 Å². The van der Waals surface area contributed by atoms with Gasteiger partial charge >= 0.3 is 0 Å². The summed E-state index contributed by atoms with van der Waals surface area (Å²) < 4.78 is 25.2. The van der Waals surface area contributed by atoms with E-state index in [4.69, 9.17) is 9.47 Å². The Bertz CT molecular complexity index is 1370. The van der Waals surface area contributed by atoms with Gasteiger partial charge in [-0.05, 0) is 67.1 Å². The van der Waals surface area contributed by atoms with Gasteiger partial charge in [-0.25, -0.2) is 4.39 Å². The molecule has 3 aromatic rings. The molecule has 1 amide bonds. The fourth-order valence-corrected chi connectivity index (χ4v) is 5.86. The quantitative estimate of drug-likeness (QED) is 0.222. The van der Waals surface area contributed by atoms with Crippen LogP contribution in [0.4, 0.5) is 15.8 Å². The van der Waals surface area contributed by atoms with Crippen molar-refractivity contribution in [1.82, 2.24) is 10.2 Å². The molecular weight excluding hydrogens is 551 g/mol. The minimum absolute atomic E-state index is 0.0862. The Labute approximate surface area is 251 Å². The van der Waals surface area contributed by atoms with E-state index in [2.05, 4.69) is 10.2 Å². The number of anilines is 1. The van der Waals surface area contributed by atoms with Gasteiger partial charge in [0.1, 0.15) is 18.2 Å². The maximum atomic E-state index is 13.8. The topological polar surface area (TPSA) is 97.2 Å². The van der Waals surface area contributed by atoms with Crippen LogP contribution in [0, 0.1) is 21.8 Å². The minimum Gasteiger partial charge on any atom is -0.492 e. The molecule has 0 bridgehead atoms. The van der Waals surface area contributed by atoms with Crippen LogP contribution in [0.15, 0.2) is 72.8 Å². The molecule has 2 fully saturated rings. The lowest BCUT2D eigenvalue weighted by Gasteiger charge is -2.34. The first-order valence-electron chi connectivity index (χ1n) is 15.0. The smallest absolute Gasteiger partial charge is 0.269 e. The summed E-state index contributed by atoms with van der Waals surface area (Å²) in [6, 6.07) is 20.2. The van der Waals surface area contributed by atoms with E-state index < -0.39 is 0 Å². The van der Waals surface area contributed by atoms with E-state index >= 15 is 0 Å². The molecule has 1 N–H and O–H groups in total. The van der Waals surface area contributed by atoms with Crippen molar-refractivity contribution in [3.05, 3.63) is 99.9 Å². The van der Waals surface area contributed by atoms with E-state index in [1.54, 1.807) is 17.0 Å². The molecular formula is C33H39FN4O5. The summed E-state index contributed by atoms with van der Waals surface area (Å²) in [5.74, 6) is 0.371. The maximum Gasteiger partial charge on any atom is 0.269 e. The first kappa shape index (κ1) is 30.6. The van der Waals surface area contributed by atoms with Crippen molar-refractivity contribution in [3.8, 4) is 5.75 Å². The molecule has 3 aromatic carbocycles. The second-order valence-corrected chi connectivity index (χ2v) is 11.3. The van der Waals surface area contributed by atoms with Crippen molar-refractivity contribution >= 4 is 17.3 Å². The highest BCUT2D eigenvalue weighted by atomic mass is 19.1. The zero-order valence-corrected chi connectivity index (χ0v) is 24.3. The van der Waals surface area contributed by atoms with Gasteiger partial charge in [0.25, 0.3) is 11.6 Å². The molecule has 10 heteroatoms. The summed E-state index contributed by atoms with van der Waals surface area (Å²) in [6.07, 6.45) is 3.88. The summed E-state index contributed by atoms with van der Waals surface area (Å²) in [5, 5.41) is 14.7. The van der Waals surface area contributed by atoms with Crippen LogP contribution < -0.4 is 15.0 Å². The largest absolute Gasteiger partial charge is 0.492 e. The number of non-ortho nitro benzene ring substituents is 1. The minimum atomic E-state index is -0.385. The molecule has 9 nitrogen and oxygen atoms in total. The second-order valence-electron chi connectivity index (χ2n) is 11.3. The van der Waals surface area contributed by atoms with Gasteiger partial charge in [-0.15, -0.1) is 0 Å². The lowest BCUT2D eigenvalue weighted by molar-refractivity contribution is -0.384. The molecule has 0 aromatic heterocycles. The number of nitrogens with one attached hydrogen (secondary N) is 1. The number of hydrogen-bond donors (Lipinski definition) is 1. The number of amides is 1. The number of halogens is 1. The molecule has 2 atom stereocenters. The van der Waals surface area contributed by atoms with Gasteiger partial charge in [0, 0.05) is 68.2 Å². The number of hydrogen-bond acceptors (Lipinski definition) is 7. The number of benzene rings is 3. The Morgan fingerprint density at radius 3 is 2.65 bits per heavy atom. The number of carbonyl (C=O) groups excluding carboxylic acids is 1. The molecule has 2 aliphatic rings. The normalized spacial score (nSPS) is 19.1. The number of nitro groups is 1. The monoisotopic (exact) mass is 590 g/mol. The Kier molecular flexibility index (Phi) is 10.7. The fraction of sp³-hybridized carbons (Fsp3) is 0.424. The molecule has 43 heavy (non-hydrogen) atoms. The van der Waals surface area contributed by atoms with E-state index in [-0.39, 0.29) is 34.3 Å². The molecule has 1 aliphatic carbocycles. The highest BCUT2D eigenvalue weighted by Crippen LogP contribution is 2.30. The number of carbonyl (C=O) groups is 1. The molecule has 1 aliphatic heterocycles. The average molecular weight is 591 g/mol. The van der Waals surface area contributed by atoms with E-state index in [0.29, 0.717) is 31.0 Å². The lowest BCUT2D eigenvalue weighted by Crippen LogP contribution is -2.40. The molecule has 1 saturated carbocycles.